The first-order valence-electron chi connectivity index (χ1n) is 38.7. The minimum atomic E-state index is -1.41. The van der Waals surface area contributed by atoms with Gasteiger partial charge in [-0.3, -0.25) is 52.7 Å². The molecule has 8 amide bonds. The Hall–Kier alpha value is -12.0. The molecule has 0 saturated carbocycles. The van der Waals surface area contributed by atoms with Gasteiger partial charge in [-0.2, -0.15) is 0 Å². The van der Waals surface area contributed by atoms with Crippen molar-refractivity contribution < 1.29 is 72.4 Å². The molecule has 0 aliphatic carbocycles. The van der Waals surface area contributed by atoms with E-state index in [0.29, 0.717) is 45.1 Å². The van der Waals surface area contributed by atoms with Crippen molar-refractivity contribution in [3.63, 3.8) is 0 Å². The number of carbonyl (C=O) groups is 11. The number of nitrogens with one attached hydrogen (secondary N) is 8. The molecule has 608 valence electrons. The van der Waals surface area contributed by atoms with Crippen LogP contribution in [-0.4, -0.2) is 203 Å². The number of hydrogen-bond acceptors (Lipinski definition) is 19. The number of carboxylic acid groups (broad SMARTS) is 2. The zero-order valence-electron chi connectivity index (χ0n) is 66.3. The van der Waals surface area contributed by atoms with Crippen LogP contribution in [0.4, 0.5) is 0 Å². The molecule has 8 heterocycles. The molecule has 115 heavy (non-hydrogen) atoms. The van der Waals surface area contributed by atoms with Gasteiger partial charge in [0.25, 0.3) is 0 Å². The van der Waals surface area contributed by atoms with Crippen molar-refractivity contribution in [3.8, 4) is 11.5 Å². The molecule has 2 saturated heterocycles. The smallest absolute Gasteiger partial charge is 0.307 e. The maximum absolute atomic E-state index is 15.5. The number of aliphatic carboxylic acids is 2. The standard InChI is InChI=1S/C84H102N16O15/c1-48(85-9)74(104)91-72(83(3,4)5)80(110)97-44-61-40-68(97)78(108)88-65(37-52-19-25-54-15-11-13-17-56(54)34-52)70(101)39-58(82(112)113)33-50-21-27-63(28-22-50)114-46-59-43-100(96-93-59)62-41-69(98(45-62)81(111)73(84(6,7)8)92-75(105)49(2)86-10)79(109)90-67(38-53-20-26-55-16-12-14-18-57(55)35-53)77(107)89-66(76(106)87-32-31-71(102)103)36-51-23-29-64(30-24-51)115-47-60-42-99(61)95-94-60/h11-30,34-35,42-43,48-49,58,61-62,65-69,72-73,85-86H,31-33,36-41,44-47H2,1-10H3,(H,87,106)(H,88,108)(H,89,107)(H,90,109)(H,91,104)(H,92,105)(H,102,103)(H,112,113)/t48-,49-,58+,61-,62-,65-,66-,67-,68-,69-,72+,73+/m0/s1. The Morgan fingerprint density at radius 1 is 0.539 bits per heavy atom. The van der Waals surface area contributed by atoms with Gasteiger partial charge in [0.15, 0.2) is 5.78 Å². The summed E-state index contributed by atoms with van der Waals surface area (Å²) in [5, 5.41) is 64.8. The van der Waals surface area contributed by atoms with Gasteiger partial charge < -0.3 is 72.0 Å². The van der Waals surface area contributed by atoms with Crippen molar-refractivity contribution >= 4 is 86.5 Å². The summed E-state index contributed by atoms with van der Waals surface area (Å²) in [5.74, 6) is -8.64. The van der Waals surface area contributed by atoms with Crippen molar-refractivity contribution in [1.29, 1.82) is 0 Å². The summed E-state index contributed by atoms with van der Waals surface area (Å²) in [5.41, 5.74) is 1.26. The highest BCUT2D eigenvalue weighted by Gasteiger charge is 2.49. The molecular formula is C84H102N16O15. The summed E-state index contributed by atoms with van der Waals surface area (Å²) in [7, 11) is 3.22. The van der Waals surface area contributed by atoms with E-state index < -0.39 is 161 Å². The van der Waals surface area contributed by atoms with E-state index in [1.807, 2.05) is 84.9 Å². The quantitative estimate of drug-likeness (QED) is 0.0580. The molecular weight excluding hydrogens is 1470 g/mol. The highest BCUT2D eigenvalue weighted by molar-refractivity contribution is 5.99. The first-order valence-corrected chi connectivity index (χ1v) is 38.7. The first kappa shape index (κ1) is 83.9. The second kappa shape index (κ2) is 36.9. The fraction of sp³-hybridized carbons (Fsp3) is 0.440. The topological polar surface area (TPSA) is 411 Å². The van der Waals surface area contributed by atoms with Gasteiger partial charge in [-0.05, 0) is 120 Å². The molecule has 31 nitrogen and oxygen atoms in total. The lowest BCUT2D eigenvalue weighted by Gasteiger charge is -2.36. The summed E-state index contributed by atoms with van der Waals surface area (Å²) >= 11 is 0. The van der Waals surface area contributed by atoms with Crippen molar-refractivity contribution in [1.82, 2.24) is 82.3 Å². The number of likely N-dealkylation sites (N-methyl/N-ethyl adjacent to an activating group) is 2. The van der Waals surface area contributed by atoms with E-state index in [-0.39, 0.29) is 71.4 Å². The molecule has 6 aromatic carbocycles. The monoisotopic (exact) mass is 1570 g/mol. The lowest BCUT2D eigenvalue weighted by Crippen LogP contribution is -2.61. The zero-order chi connectivity index (χ0) is 82.6. The van der Waals surface area contributed by atoms with Gasteiger partial charge in [0.05, 0.1) is 54.9 Å². The van der Waals surface area contributed by atoms with E-state index in [9.17, 15) is 34.2 Å². The van der Waals surface area contributed by atoms with Gasteiger partial charge in [-0.15, -0.1) is 10.2 Å². The fourth-order valence-electron chi connectivity index (χ4n) is 14.5. The Balaban J connectivity index is 0.941. The maximum Gasteiger partial charge on any atom is 0.307 e. The molecule has 0 unspecified atom stereocenters. The summed E-state index contributed by atoms with van der Waals surface area (Å²) in [6.45, 7) is 13.3. The van der Waals surface area contributed by atoms with Crippen LogP contribution in [0.1, 0.15) is 127 Å². The van der Waals surface area contributed by atoms with Gasteiger partial charge in [0.2, 0.25) is 47.3 Å². The zero-order valence-corrected chi connectivity index (χ0v) is 66.3. The number of amides is 8. The van der Waals surface area contributed by atoms with Crippen LogP contribution in [0.25, 0.3) is 21.5 Å². The molecule has 14 rings (SSSR count). The first-order chi connectivity index (χ1) is 54.8. The van der Waals surface area contributed by atoms with Gasteiger partial charge >= 0.3 is 11.9 Å². The van der Waals surface area contributed by atoms with Crippen LogP contribution in [0.2, 0.25) is 0 Å². The van der Waals surface area contributed by atoms with E-state index in [1.54, 1.807) is 130 Å². The lowest BCUT2D eigenvalue weighted by atomic mass is 9.85. The minimum absolute atomic E-state index is 0.0337. The number of Topliss-reactive ketones (excluding diaryl/α,β-unsaturated/α-hetero) is 1. The van der Waals surface area contributed by atoms with E-state index in [0.717, 1.165) is 21.5 Å². The molecule has 31 heteroatoms. The molecule has 12 atom stereocenters. The Morgan fingerprint density at radius 3 is 1.41 bits per heavy atom. The molecule has 12 bridgehead atoms. The Labute approximate surface area is 666 Å². The number of carbonyl (C=O) groups excluding carboxylic acids is 9. The summed E-state index contributed by atoms with van der Waals surface area (Å²) < 4.78 is 15.5. The van der Waals surface area contributed by atoms with Crippen LogP contribution in [0.5, 0.6) is 11.5 Å². The van der Waals surface area contributed by atoms with Crippen molar-refractivity contribution in [3.05, 3.63) is 179 Å². The predicted octanol–water partition coefficient (Wildman–Crippen LogP) is 4.89. The van der Waals surface area contributed by atoms with Gasteiger partial charge in [-0.1, -0.05) is 161 Å². The van der Waals surface area contributed by atoms with Gasteiger partial charge in [0, 0.05) is 51.7 Å². The third-order valence-electron chi connectivity index (χ3n) is 21.5. The minimum Gasteiger partial charge on any atom is -0.487 e. The molecule has 0 radical (unpaired) electrons. The number of aromatic nitrogens is 6. The highest BCUT2D eigenvalue weighted by atomic mass is 16.5. The molecule has 2 aromatic heterocycles. The van der Waals surface area contributed by atoms with Crippen LogP contribution in [0.15, 0.2) is 146 Å². The largest absolute Gasteiger partial charge is 0.487 e. The van der Waals surface area contributed by atoms with Crippen molar-refractivity contribution in [2.75, 3.05) is 33.7 Å². The Morgan fingerprint density at radius 2 is 0.974 bits per heavy atom. The molecule has 6 aliphatic rings. The number of rotatable bonds is 17. The number of ketones is 1. The SMILES string of the molecule is CN[C@@H](C)C(=O)N[C@H](C(=O)N1C[C@@H]2C[C@H]1C(=O)N[C@@H](Cc1ccc3ccccc3c1)C(=O)C[C@H](C(=O)O)Cc1ccc(cc1)OCc1cn(nn1)[C@H]1C[C@@H](C(=O)N[C@@H](Cc3ccc4ccccc4c3)C(=O)N[C@H](C(=O)NCCC(=O)O)Cc3ccc(cc3)OCc3cn2nn3)N(C(=O)[C@@H](NC(=O)[C@H](C)NC)C(C)(C)C)C1)C(C)(C)C. The van der Waals surface area contributed by atoms with Crippen molar-refractivity contribution in [2.24, 2.45) is 16.7 Å². The molecule has 0 spiro atoms. The normalized spacial score (nSPS) is 21.2. The van der Waals surface area contributed by atoms with E-state index >= 15 is 28.8 Å². The number of carboxylic acids is 2. The second-order valence-corrected chi connectivity index (χ2v) is 32.2. The predicted molar refractivity (Wildman–Crippen MR) is 424 cm³/mol. The molecule has 8 aromatic rings. The van der Waals surface area contributed by atoms with Crippen LogP contribution >= 0.6 is 0 Å². The summed E-state index contributed by atoms with van der Waals surface area (Å²) in [6.07, 6.45) is 1.81. The summed E-state index contributed by atoms with van der Waals surface area (Å²) in [6, 6.07) is 27.9. The Kier molecular flexibility index (Phi) is 26.9. The molecule has 10 N–H and O–H groups in total. The van der Waals surface area contributed by atoms with Crippen LogP contribution in [0, 0.1) is 16.7 Å². The van der Waals surface area contributed by atoms with E-state index in [2.05, 4.69) is 63.2 Å². The third kappa shape index (κ3) is 21.5. The number of likely N-dealkylation sites (tertiary alicyclic amines) is 2. The van der Waals surface area contributed by atoms with E-state index in [1.165, 1.54) is 19.2 Å². The molecule has 6 aliphatic heterocycles. The average Bonchev–Trinajstić information content (AvgIpc) is 1.65. The number of benzene rings is 6. The van der Waals surface area contributed by atoms with Crippen LogP contribution in [-0.2, 0) is 91.6 Å². The number of hydrogen-bond donors (Lipinski definition) is 10. The van der Waals surface area contributed by atoms with Gasteiger partial charge in [0.1, 0.15) is 72.4 Å². The van der Waals surface area contributed by atoms with E-state index in [4.69, 9.17) is 9.47 Å². The van der Waals surface area contributed by atoms with Crippen LogP contribution in [0.3, 0.4) is 0 Å². The highest BCUT2D eigenvalue weighted by Crippen LogP contribution is 2.35. The molecule has 2 fully saturated rings. The third-order valence-corrected chi connectivity index (χ3v) is 21.5. The average molecular weight is 1580 g/mol. The number of ether oxygens (including phenoxy) is 2. The van der Waals surface area contributed by atoms with Crippen LogP contribution < -0.4 is 52.0 Å². The number of nitrogens with zero attached hydrogens (tertiary/aromatic N) is 8. The van der Waals surface area contributed by atoms with Crippen molar-refractivity contribution in [2.45, 2.75) is 186 Å². The second-order valence-electron chi connectivity index (χ2n) is 32.2. The Bertz CT molecular complexity index is 4880. The maximum atomic E-state index is 15.5. The number of fused-ring (bicyclic) bond motifs is 2. The fourth-order valence-corrected chi connectivity index (χ4v) is 14.5. The summed E-state index contributed by atoms with van der Waals surface area (Å²) in [4.78, 5) is 161. The lowest BCUT2D eigenvalue weighted by molar-refractivity contribution is -0.145. The van der Waals surface area contributed by atoms with Gasteiger partial charge in [-0.25, -0.2) is 9.36 Å².